The highest BCUT2D eigenvalue weighted by Gasteiger charge is 2.31. The molecule has 32 heavy (non-hydrogen) atoms. The lowest BCUT2D eigenvalue weighted by molar-refractivity contribution is -0.274. The first-order valence-electron chi connectivity index (χ1n) is 9.38. The maximum absolute atomic E-state index is 12.5. The van der Waals surface area contributed by atoms with Gasteiger partial charge < -0.3 is 19.9 Å². The first-order chi connectivity index (χ1) is 15.2. The van der Waals surface area contributed by atoms with Crippen LogP contribution in [-0.2, 0) is 11.3 Å². The van der Waals surface area contributed by atoms with Gasteiger partial charge in [-0.05, 0) is 59.3 Å². The van der Waals surface area contributed by atoms with Crippen LogP contribution in [0.15, 0.2) is 53.9 Å². The van der Waals surface area contributed by atoms with Crippen LogP contribution < -0.4 is 10.1 Å². The lowest BCUT2D eigenvalue weighted by Crippen LogP contribution is -2.22. The summed E-state index contributed by atoms with van der Waals surface area (Å²) in [6, 6.07) is 11.3. The number of halogens is 3. The molecule has 3 rings (SSSR count). The summed E-state index contributed by atoms with van der Waals surface area (Å²) in [7, 11) is 0. The third-order valence-corrected chi connectivity index (χ3v) is 5.18. The Morgan fingerprint density at radius 2 is 1.78 bits per heavy atom. The molecule has 2 aromatic carbocycles. The van der Waals surface area contributed by atoms with Crippen molar-refractivity contribution in [3.63, 3.8) is 0 Å². The summed E-state index contributed by atoms with van der Waals surface area (Å²) in [5.74, 6) is -1.56. The van der Waals surface area contributed by atoms with Crippen molar-refractivity contribution in [2.45, 2.75) is 19.8 Å². The largest absolute Gasteiger partial charge is 0.573 e. The number of nitrogens with one attached hydrogen (secondary N) is 1. The van der Waals surface area contributed by atoms with Crippen LogP contribution in [0.5, 0.6) is 11.5 Å². The SMILES string of the molecule is CCOC(=O)c1cc(CNC(=O)c2cc(-c3ccc(OC(F)(F)F)cc3)cs2)ccc1O. The Hall–Kier alpha value is -3.53. The van der Waals surface area contributed by atoms with Crippen molar-refractivity contribution >= 4 is 23.2 Å². The fraction of sp³-hybridized carbons (Fsp3) is 0.182. The molecule has 0 unspecified atom stereocenters. The molecule has 168 valence electrons. The summed E-state index contributed by atoms with van der Waals surface area (Å²) in [5.41, 5.74) is 1.91. The van der Waals surface area contributed by atoms with E-state index < -0.39 is 12.3 Å². The standard InChI is InChI=1S/C22H18F3NO5S/c1-2-30-21(29)17-9-13(3-8-18(17)27)11-26-20(28)19-10-15(12-32-19)14-4-6-16(7-5-14)31-22(23,24)25/h3-10,12,27H,2,11H2,1H3,(H,26,28). The van der Waals surface area contributed by atoms with Gasteiger partial charge in [-0.15, -0.1) is 24.5 Å². The molecule has 0 aliphatic heterocycles. The number of benzene rings is 2. The summed E-state index contributed by atoms with van der Waals surface area (Å²) in [6.07, 6.45) is -4.76. The van der Waals surface area contributed by atoms with Gasteiger partial charge in [-0.1, -0.05) is 18.2 Å². The number of carbonyl (C=O) groups is 2. The minimum atomic E-state index is -4.76. The number of ether oxygens (including phenoxy) is 2. The Labute approximate surface area is 185 Å². The van der Waals surface area contributed by atoms with Gasteiger partial charge in [0.05, 0.1) is 11.5 Å². The predicted molar refractivity (Wildman–Crippen MR) is 112 cm³/mol. The number of amides is 1. The van der Waals surface area contributed by atoms with E-state index in [0.717, 1.165) is 0 Å². The van der Waals surface area contributed by atoms with Gasteiger partial charge in [0.15, 0.2) is 0 Å². The highest BCUT2D eigenvalue weighted by Crippen LogP contribution is 2.29. The Kier molecular flexibility index (Phi) is 7.04. The van der Waals surface area contributed by atoms with Crippen molar-refractivity contribution < 1.29 is 37.3 Å². The van der Waals surface area contributed by atoms with Crippen LogP contribution in [0, 0.1) is 0 Å². The van der Waals surface area contributed by atoms with Crippen LogP contribution in [-0.4, -0.2) is 30.0 Å². The molecule has 0 saturated heterocycles. The third kappa shape index (κ3) is 6.01. The summed E-state index contributed by atoms with van der Waals surface area (Å²) < 4.78 is 45.5. The zero-order valence-electron chi connectivity index (χ0n) is 16.7. The van der Waals surface area contributed by atoms with Gasteiger partial charge in [0.1, 0.15) is 17.1 Å². The molecule has 0 spiro atoms. The topological polar surface area (TPSA) is 84.9 Å². The smallest absolute Gasteiger partial charge is 0.507 e. The Balaban J connectivity index is 1.64. The number of alkyl halides is 3. The molecular formula is C22H18F3NO5S. The number of carbonyl (C=O) groups excluding carboxylic acids is 2. The van der Waals surface area contributed by atoms with Crippen LogP contribution in [0.2, 0.25) is 0 Å². The molecule has 0 fully saturated rings. The summed E-state index contributed by atoms with van der Waals surface area (Å²) in [5, 5.41) is 14.3. The molecule has 1 heterocycles. The Morgan fingerprint density at radius 3 is 2.44 bits per heavy atom. The van der Waals surface area contributed by atoms with Crippen molar-refractivity contribution in [2.24, 2.45) is 0 Å². The number of phenols is 1. The molecule has 0 saturated carbocycles. The van der Waals surface area contributed by atoms with Gasteiger partial charge in [0, 0.05) is 6.54 Å². The van der Waals surface area contributed by atoms with E-state index in [-0.39, 0.29) is 36.1 Å². The average molecular weight is 465 g/mol. The molecule has 1 aromatic heterocycles. The van der Waals surface area contributed by atoms with Crippen molar-refractivity contribution in [3.8, 4) is 22.6 Å². The lowest BCUT2D eigenvalue weighted by atomic mass is 10.1. The summed E-state index contributed by atoms with van der Waals surface area (Å²) >= 11 is 1.18. The molecule has 0 aliphatic carbocycles. The van der Waals surface area contributed by atoms with E-state index in [2.05, 4.69) is 10.1 Å². The van der Waals surface area contributed by atoms with Crippen LogP contribution in [0.1, 0.15) is 32.5 Å². The number of esters is 1. The van der Waals surface area contributed by atoms with E-state index in [1.807, 2.05) is 0 Å². The second kappa shape index (κ2) is 9.73. The number of phenolic OH excluding ortho intramolecular Hbond substituents is 1. The third-order valence-electron chi connectivity index (χ3n) is 4.25. The molecule has 0 aliphatic rings. The van der Waals surface area contributed by atoms with E-state index in [1.54, 1.807) is 24.4 Å². The Morgan fingerprint density at radius 1 is 1.06 bits per heavy atom. The molecule has 6 nitrogen and oxygen atoms in total. The zero-order chi connectivity index (χ0) is 23.3. The van der Waals surface area contributed by atoms with E-state index >= 15 is 0 Å². The minimum absolute atomic E-state index is 0.00922. The monoisotopic (exact) mass is 465 g/mol. The van der Waals surface area contributed by atoms with E-state index in [1.165, 1.54) is 47.7 Å². The van der Waals surface area contributed by atoms with Crippen LogP contribution in [0.3, 0.4) is 0 Å². The number of rotatable bonds is 7. The van der Waals surface area contributed by atoms with Gasteiger partial charge in [-0.3, -0.25) is 4.79 Å². The number of hydrogen-bond acceptors (Lipinski definition) is 6. The first-order valence-corrected chi connectivity index (χ1v) is 10.3. The fourth-order valence-electron chi connectivity index (χ4n) is 2.79. The van der Waals surface area contributed by atoms with Gasteiger partial charge >= 0.3 is 12.3 Å². The highest BCUT2D eigenvalue weighted by molar-refractivity contribution is 7.12. The second-order valence-corrected chi connectivity index (χ2v) is 7.44. The quantitative estimate of drug-likeness (QED) is 0.473. The molecule has 10 heteroatoms. The van der Waals surface area contributed by atoms with Crippen molar-refractivity contribution in [1.82, 2.24) is 5.32 Å². The normalized spacial score (nSPS) is 11.1. The number of hydrogen-bond donors (Lipinski definition) is 2. The van der Waals surface area contributed by atoms with Crippen LogP contribution in [0.4, 0.5) is 13.2 Å². The molecule has 0 atom stereocenters. The van der Waals surface area contributed by atoms with Crippen molar-refractivity contribution in [2.75, 3.05) is 6.61 Å². The minimum Gasteiger partial charge on any atom is -0.507 e. The molecule has 2 N–H and O–H groups in total. The maximum atomic E-state index is 12.5. The highest BCUT2D eigenvalue weighted by atomic mass is 32.1. The molecule has 3 aromatic rings. The predicted octanol–water partition coefficient (Wildman–Crippen LogP) is 5.13. The van der Waals surface area contributed by atoms with Gasteiger partial charge in [0.25, 0.3) is 5.91 Å². The van der Waals surface area contributed by atoms with E-state index in [4.69, 9.17) is 4.74 Å². The van der Waals surface area contributed by atoms with Crippen molar-refractivity contribution in [1.29, 1.82) is 0 Å². The fourth-order valence-corrected chi connectivity index (χ4v) is 3.62. The first kappa shape index (κ1) is 23.1. The summed E-state index contributed by atoms with van der Waals surface area (Å²) in [6.45, 7) is 1.93. The number of aromatic hydroxyl groups is 1. The molecule has 0 bridgehead atoms. The van der Waals surface area contributed by atoms with E-state index in [9.17, 15) is 27.9 Å². The van der Waals surface area contributed by atoms with Gasteiger partial charge in [-0.25, -0.2) is 4.79 Å². The van der Waals surface area contributed by atoms with Crippen LogP contribution in [0.25, 0.3) is 11.1 Å². The van der Waals surface area contributed by atoms with Crippen molar-refractivity contribution in [3.05, 3.63) is 69.9 Å². The molecule has 1 amide bonds. The molecular weight excluding hydrogens is 447 g/mol. The van der Waals surface area contributed by atoms with Crippen LogP contribution >= 0.6 is 11.3 Å². The Bertz CT molecular complexity index is 1110. The lowest BCUT2D eigenvalue weighted by Gasteiger charge is -2.09. The average Bonchev–Trinajstić information content (AvgIpc) is 3.23. The maximum Gasteiger partial charge on any atom is 0.573 e. The second-order valence-electron chi connectivity index (χ2n) is 6.53. The van der Waals surface area contributed by atoms with E-state index in [0.29, 0.717) is 21.6 Å². The number of thiophene rings is 1. The summed E-state index contributed by atoms with van der Waals surface area (Å²) in [4.78, 5) is 24.8. The zero-order valence-corrected chi connectivity index (χ0v) is 17.5. The molecule has 0 radical (unpaired) electrons. The van der Waals surface area contributed by atoms with Gasteiger partial charge in [0.2, 0.25) is 0 Å². The van der Waals surface area contributed by atoms with Gasteiger partial charge in [-0.2, -0.15) is 0 Å².